The molecule has 0 saturated carbocycles. The molecule has 3 rings (SSSR count). The third kappa shape index (κ3) is 3.27. The molecule has 6 nitrogen and oxygen atoms in total. The second-order valence-electron chi connectivity index (χ2n) is 5.82. The van der Waals surface area contributed by atoms with E-state index in [4.69, 9.17) is 0 Å². The number of H-pyrrole nitrogens is 1. The number of benzene rings is 2. The Hall–Kier alpha value is -3.15. The molecule has 0 bridgehead atoms. The van der Waals surface area contributed by atoms with Crippen LogP contribution in [0.15, 0.2) is 48.7 Å². The molecule has 0 aliphatic rings. The van der Waals surface area contributed by atoms with Crippen LogP contribution < -0.4 is 10.6 Å². The van der Waals surface area contributed by atoms with Crippen LogP contribution in [-0.2, 0) is 9.59 Å². The molecule has 0 aliphatic carbocycles. The zero-order valence-corrected chi connectivity index (χ0v) is 13.5. The van der Waals surface area contributed by atoms with E-state index < -0.39 is 11.8 Å². The van der Waals surface area contributed by atoms with Crippen molar-refractivity contribution in [2.45, 2.75) is 19.8 Å². The van der Waals surface area contributed by atoms with Crippen molar-refractivity contribution >= 4 is 34.1 Å². The smallest absolute Gasteiger partial charge is 0.314 e. The quantitative estimate of drug-likeness (QED) is 0.647. The van der Waals surface area contributed by atoms with E-state index in [9.17, 15) is 9.59 Å². The number of para-hydroxylation sites is 1. The summed E-state index contributed by atoms with van der Waals surface area (Å²) < 4.78 is 0. The Morgan fingerprint density at radius 3 is 2.58 bits per heavy atom. The number of carbonyl (C=O) groups is 2. The predicted molar refractivity (Wildman–Crippen MR) is 93.9 cm³/mol. The Balaban J connectivity index is 1.72. The van der Waals surface area contributed by atoms with E-state index in [2.05, 4.69) is 20.8 Å². The van der Waals surface area contributed by atoms with Gasteiger partial charge in [0.15, 0.2) is 0 Å². The van der Waals surface area contributed by atoms with E-state index in [0.717, 1.165) is 16.5 Å². The van der Waals surface area contributed by atoms with E-state index in [-0.39, 0.29) is 5.92 Å². The molecule has 1 heterocycles. The number of carbonyl (C=O) groups excluding carboxylic acids is 2. The minimum atomic E-state index is -0.715. The number of anilines is 2. The van der Waals surface area contributed by atoms with Gasteiger partial charge in [0.25, 0.3) is 0 Å². The van der Waals surface area contributed by atoms with Crippen LogP contribution >= 0.6 is 0 Å². The van der Waals surface area contributed by atoms with Gasteiger partial charge >= 0.3 is 11.8 Å². The van der Waals surface area contributed by atoms with Crippen molar-refractivity contribution in [3.63, 3.8) is 0 Å². The summed E-state index contributed by atoms with van der Waals surface area (Å²) in [4.78, 5) is 24.3. The van der Waals surface area contributed by atoms with Crippen LogP contribution in [0.2, 0.25) is 0 Å². The van der Waals surface area contributed by atoms with Crippen LogP contribution in [0.4, 0.5) is 11.4 Å². The van der Waals surface area contributed by atoms with E-state index in [1.807, 2.05) is 38.1 Å². The van der Waals surface area contributed by atoms with E-state index in [1.165, 1.54) is 0 Å². The monoisotopic (exact) mass is 322 g/mol. The Morgan fingerprint density at radius 1 is 1.04 bits per heavy atom. The van der Waals surface area contributed by atoms with Crippen molar-refractivity contribution in [3.8, 4) is 0 Å². The molecule has 0 radical (unpaired) electrons. The van der Waals surface area contributed by atoms with Gasteiger partial charge in [0.2, 0.25) is 0 Å². The average Bonchev–Trinajstić information content (AvgIpc) is 3.02. The maximum absolute atomic E-state index is 12.2. The van der Waals surface area contributed by atoms with Crippen LogP contribution in [-0.4, -0.2) is 22.0 Å². The molecule has 3 N–H and O–H groups in total. The minimum Gasteiger partial charge on any atom is -0.318 e. The standard InChI is InChI=1S/C18H18N4O2/c1-11(2)14-5-3-4-6-15(14)21-18(24)17(23)20-13-8-7-12-10-19-22-16(12)9-13/h3-11H,1-2H3,(H,19,22)(H,20,23)(H,21,24). The molecule has 0 fully saturated rings. The molecular weight excluding hydrogens is 304 g/mol. The molecule has 0 atom stereocenters. The molecule has 2 amide bonds. The summed E-state index contributed by atoms with van der Waals surface area (Å²) in [6.07, 6.45) is 1.69. The number of fused-ring (bicyclic) bond motifs is 1. The summed E-state index contributed by atoms with van der Waals surface area (Å²) in [5, 5.41) is 12.9. The Morgan fingerprint density at radius 2 is 1.79 bits per heavy atom. The van der Waals surface area contributed by atoms with Crippen molar-refractivity contribution < 1.29 is 9.59 Å². The Kier molecular flexibility index (Phi) is 4.29. The first-order valence-corrected chi connectivity index (χ1v) is 7.69. The van der Waals surface area contributed by atoms with Crippen molar-refractivity contribution in [1.82, 2.24) is 10.2 Å². The van der Waals surface area contributed by atoms with Gasteiger partial charge in [-0.1, -0.05) is 32.0 Å². The number of rotatable bonds is 3. The second kappa shape index (κ2) is 6.54. The van der Waals surface area contributed by atoms with Crippen LogP contribution in [0.3, 0.4) is 0 Å². The zero-order chi connectivity index (χ0) is 17.1. The number of hydrogen-bond donors (Lipinski definition) is 3. The maximum Gasteiger partial charge on any atom is 0.314 e. The lowest BCUT2D eigenvalue weighted by molar-refractivity contribution is -0.133. The first kappa shape index (κ1) is 15.7. The molecular formula is C18H18N4O2. The highest BCUT2D eigenvalue weighted by molar-refractivity contribution is 6.43. The molecule has 24 heavy (non-hydrogen) atoms. The van der Waals surface area contributed by atoms with Crippen LogP contribution in [0.1, 0.15) is 25.3 Å². The third-order valence-electron chi connectivity index (χ3n) is 3.74. The molecule has 122 valence electrons. The average molecular weight is 322 g/mol. The Labute approximate surface area is 139 Å². The molecule has 3 aromatic rings. The predicted octanol–water partition coefficient (Wildman–Crippen LogP) is 3.26. The van der Waals surface area contributed by atoms with Gasteiger partial charge in [-0.15, -0.1) is 0 Å². The summed E-state index contributed by atoms with van der Waals surface area (Å²) in [6.45, 7) is 4.06. The number of aromatic nitrogens is 2. The second-order valence-corrected chi connectivity index (χ2v) is 5.82. The first-order chi connectivity index (χ1) is 11.5. The highest BCUT2D eigenvalue weighted by atomic mass is 16.2. The number of amides is 2. The van der Waals surface area contributed by atoms with Gasteiger partial charge in [-0.25, -0.2) is 0 Å². The molecule has 0 spiro atoms. The maximum atomic E-state index is 12.2. The van der Waals surface area contributed by atoms with Crippen LogP contribution in [0, 0.1) is 0 Å². The molecule has 0 aliphatic heterocycles. The van der Waals surface area contributed by atoms with Gasteiger partial charge in [0.05, 0.1) is 11.7 Å². The fraction of sp³-hybridized carbons (Fsp3) is 0.167. The topological polar surface area (TPSA) is 86.9 Å². The fourth-order valence-corrected chi connectivity index (χ4v) is 2.50. The van der Waals surface area contributed by atoms with E-state index >= 15 is 0 Å². The summed E-state index contributed by atoms with van der Waals surface area (Å²) in [6, 6.07) is 12.7. The molecule has 2 aromatic carbocycles. The number of nitrogens with one attached hydrogen (secondary N) is 3. The van der Waals surface area contributed by atoms with E-state index in [1.54, 1.807) is 24.4 Å². The van der Waals surface area contributed by atoms with Gasteiger partial charge < -0.3 is 10.6 Å². The largest absolute Gasteiger partial charge is 0.318 e. The highest BCUT2D eigenvalue weighted by Crippen LogP contribution is 2.23. The third-order valence-corrected chi connectivity index (χ3v) is 3.74. The highest BCUT2D eigenvalue weighted by Gasteiger charge is 2.16. The van der Waals surface area contributed by atoms with Crippen LogP contribution in [0.5, 0.6) is 0 Å². The van der Waals surface area contributed by atoms with Gasteiger partial charge in [-0.2, -0.15) is 5.10 Å². The normalized spacial score (nSPS) is 10.8. The van der Waals surface area contributed by atoms with Crippen molar-refractivity contribution in [1.29, 1.82) is 0 Å². The molecule has 0 saturated heterocycles. The molecule has 6 heteroatoms. The Bertz CT molecular complexity index is 899. The number of hydrogen-bond acceptors (Lipinski definition) is 3. The summed E-state index contributed by atoms with van der Waals surface area (Å²) in [5.74, 6) is -1.17. The van der Waals surface area contributed by atoms with Gasteiger partial charge in [-0.3, -0.25) is 14.7 Å². The van der Waals surface area contributed by atoms with Crippen LogP contribution in [0.25, 0.3) is 10.9 Å². The first-order valence-electron chi connectivity index (χ1n) is 7.69. The summed E-state index contributed by atoms with van der Waals surface area (Å²) in [5.41, 5.74) is 2.96. The van der Waals surface area contributed by atoms with Gasteiger partial charge in [0, 0.05) is 16.8 Å². The molecule has 1 aromatic heterocycles. The zero-order valence-electron chi connectivity index (χ0n) is 13.5. The minimum absolute atomic E-state index is 0.243. The van der Waals surface area contributed by atoms with Crippen molar-refractivity contribution in [2.24, 2.45) is 0 Å². The summed E-state index contributed by atoms with van der Waals surface area (Å²) >= 11 is 0. The van der Waals surface area contributed by atoms with Crippen molar-refractivity contribution in [3.05, 3.63) is 54.2 Å². The van der Waals surface area contributed by atoms with Gasteiger partial charge in [0.1, 0.15) is 0 Å². The van der Waals surface area contributed by atoms with Gasteiger partial charge in [-0.05, 0) is 35.7 Å². The lowest BCUT2D eigenvalue weighted by Gasteiger charge is -2.13. The lowest BCUT2D eigenvalue weighted by Crippen LogP contribution is -2.29. The molecule has 0 unspecified atom stereocenters. The summed E-state index contributed by atoms with van der Waals surface area (Å²) in [7, 11) is 0. The van der Waals surface area contributed by atoms with Crippen molar-refractivity contribution in [2.75, 3.05) is 10.6 Å². The lowest BCUT2D eigenvalue weighted by atomic mass is 10.0. The SMILES string of the molecule is CC(C)c1ccccc1NC(=O)C(=O)Nc1ccc2cn[nH]c2c1. The fourth-order valence-electron chi connectivity index (χ4n) is 2.50. The van der Waals surface area contributed by atoms with E-state index in [0.29, 0.717) is 11.4 Å². The number of nitrogens with zero attached hydrogens (tertiary/aromatic N) is 1. The number of aromatic amines is 1.